The molecule has 8 heteroatoms. The van der Waals surface area contributed by atoms with E-state index in [4.69, 9.17) is 9.47 Å². The number of hydrogen-bond acceptors (Lipinski definition) is 5. The fourth-order valence-electron chi connectivity index (χ4n) is 3.00. The van der Waals surface area contributed by atoms with Crippen LogP contribution in [0.25, 0.3) is 0 Å². The lowest BCUT2D eigenvalue weighted by molar-refractivity contribution is 0.0284. The Labute approximate surface area is 176 Å². The average Bonchev–Trinajstić information content (AvgIpc) is 2.94. The second-order valence-corrected chi connectivity index (χ2v) is 8.11. The second kappa shape index (κ2) is 9.02. The van der Waals surface area contributed by atoms with Gasteiger partial charge in [0.15, 0.2) is 0 Å². The van der Waals surface area contributed by atoms with E-state index in [1.54, 1.807) is 39.1 Å². The summed E-state index contributed by atoms with van der Waals surface area (Å²) in [6.07, 6.45) is -0.426. The minimum atomic E-state index is -0.573. The number of aromatic nitrogens is 1. The van der Waals surface area contributed by atoms with Crippen LogP contribution >= 0.6 is 0 Å². The third kappa shape index (κ3) is 5.62. The van der Waals surface area contributed by atoms with Crippen LogP contribution < -0.4 is 5.32 Å². The number of H-pyrrole nitrogens is 1. The first-order valence-electron chi connectivity index (χ1n) is 9.54. The smallest absolute Gasteiger partial charge is 0.410 e. The highest BCUT2D eigenvalue weighted by Gasteiger charge is 2.23. The Balaban J connectivity index is 2.13. The molecule has 0 spiro atoms. The standard InChI is InChI=1S/C22H29N3O5/c1-13-17(20(27)29-7)14(2)23-18(13)19(26)24-16-10-8-9-15(11-16)12-25(6)21(28)30-22(3,4)5/h8-11,23H,12H2,1-7H3,(H,24,26). The number of aryl methyl sites for hydroxylation is 1. The van der Waals surface area contributed by atoms with Crippen LogP contribution in [0.5, 0.6) is 0 Å². The number of nitrogens with zero attached hydrogens (tertiary/aromatic N) is 1. The van der Waals surface area contributed by atoms with Crippen LogP contribution in [0.3, 0.4) is 0 Å². The highest BCUT2D eigenvalue weighted by molar-refractivity contribution is 6.06. The number of amides is 2. The molecule has 1 heterocycles. The number of carbonyl (C=O) groups is 3. The predicted octanol–water partition coefficient (Wildman–Crippen LogP) is 4.04. The van der Waals surface area contributed by atoms with Crippen molar-refractivity contribution in [3.05, 3.63) is 52.3 Å². The highest BCUT2D eigenvalue weighted by atomic mass is 16.6. The van der Waals surface area contributed by atoms with Gasteiger partial charge in [-0.3, -0.25) is 4.79 Å². The molecule has 0 aliphatic carbocycles. The number of benzene rings is 1. The summed E-state index contributed by atoms with van der Waals surface area (Å²) in [6.45, 7) is 9.16. The molecule has 30 heavy (non-hydrogen) atoms. The Morgan fingerprint density at radius 2 is 1.83 bits per heavy atom. The van der Waals surface area contributed by atoms with Crippen LogP contribution in [0.1, 0.15) is 58.4 Å². The Hall–Kier alpha value is -3.29. The molecular formula is C22H29N3O5. The summed E-state index contributed by atoms with van der Waals surface area (Å²) in [5.74, 6) is -0.865. The van der Waals surface area contributed by atoms with Gasteiger partial charge in [-0.15, -0.1) is 0 Å². The van der Waals surface area contributed by atoms with Gasteiger partial charge in [-0.25, -0.2) is 9.59 Å². The van der Waals surface area contributed by atoms with E-state index in [9.17, 15) is 14.4 Å². The molecular weight excluding hydrogens is 386 g/mol. The van der Waals surface area contributed by atoms with Crippen LogP contribution in [-0.2, 0) is 16.0 Å². The Bertz CT molecular complexity index is 956. The summed E-state index contributed by atoms with van der Waals surface area (Å²) < 4.78 is 10.1. The van der Waals surface area contributed by atoms with Crippen molar-refractivity contribution >= 4 is 23.7 Å². The monoisotopic (exact) mass is 415 g/mol. The lowest BCUT2D eigenvalue weighted by Gasteiger charge is -2.24. The number of hydrogen-bond donors (Lipinski definition) is 2. The summed E-state index contributed by atoms with van der Waals surface area (Å²) in [4.78, 5) is 41.2. The molecule has 2 rings (SSSR count). The first-order chi connectivity index (χ1) is 13.9. The largest absolute Gasteiger partial charge is 0.465 e. The van der Waals surface area contributed by atoms with Gasteiger partial charge in [0.1, 0.15) is 11.3 Å². The normalized spacial score (nSPS) is 11.0. The quantitative estimate of drug-likeness (QED) is 0.718. The van der Waals surface area contributed by atoms with Gasteiger partial charge in [0.2, 0.25) is 0 Å². The lowest BCUT2D eigenvalue weighted by atomic mass is 10.1. The fraction of sp³-hybridized carbons (Fsp3) is 0.409. The van der Waals surface area contributed by atoms with E-state index in [1.165, 1.54) is 12.0 Å². The van der Waals surface area contributed by atoms with Crippen LogP contribution in [-0.4, -0.2) is 47.6 Å². The molecule has 1 aromatic carbocycles. The van der Waals surface area contributed by atoms with Crippen molar-refractivity contribution in [2.24, 2.45) is 0 Å². The third-order valence-electron chi connectivity index (χ3n) is 4.36. The van der Waals surface area contributed by atoms with Crippen LogP contribution in [0.2, 0.25) is 0 Å². The summed E-state index contributed by atoms with van der Waals surface area (Å²) in [5.41, 5.74) is 2.57. The highest BCUT2D eigenvalue weighted by Crippen LogP contribution is 2.21. The van der Waals surface area contributed by atoms with E-state index in [-0.39, 0.29) is 5.91 Å². The Morgan fingerprint density at radius 1 is 1.17 bits per heavy atom. The molecule has 0 saturated heterocycles. The van der Waals surface area contributed by atoms with E-state index >= 15 is 0 Å². The van der Waals surface area contributed by atoms with Crippen molar-refractivity contribution in [3.63, 3.8) is 0 Å². The van der Waals surface area contributed by atoms with Crippen molar-refractivity contribution in [1.29, 1.82) is 0 Å². The van der Waals surface area contributed by atoms with Gasteiger partial charge < -0.3 is 24.7 Å². The SMILES string of the molecule is COC(=O)c1c(C)[nH]c(C(=O)Nc2cccc(CN(C)C(=O)OC(C)(C)C)c2)c1C. The first-order valence-corrected chi connectivity index (χ1v) is 9.54. The zero-order valence-corrected chi connectivity index (χ0v) is 18.5. The minimum Gasteiger partial charge on any atom is -0.465 e. The number of aromatic amines is 1. The van der Waals surface area contributed by atoms with Crippen molar-refractivity contribution in [2.45, 2.75) is 46.8 Å². The first kappa shape index (κ1) is 23.0. The maximum atomic E-state index is 12.7. The maximum absolute atomic E-state index is 12.7. The van der Waals surface area contributed by atoms with Gasteiger partial charge in [0.25, 0.3) is 5.91 Å². The number of methoxy groups -OCH3 is 1. The number of ether oxygens (including phenoxy) is 2. The van der Waals surface area contributed by atoms with Gasteiger partial charge in [-0.1, -0.05) is 12.1 Å². The summed E-state index contributed by atoms with van der Waals surface area (Å²) in [6, 6.07) is 7.18. The topological polar surface area (TPSA) is 101 Å². The van der Waals surface area contributed by atoms with Crippen molar-refractivity contribution in [1.82, 2.24) is 9.88 Å². The molecule has 0 bridgehead atoms. The zero-order valence-electron chi connectivity index (χ0n) is 18.5. The van der Waals surface area contributed by atoms with Gasteiger partial charge in [0, 0.05) is 25.0 Å². The fourth-order valence-corrected chi connectivity index (χ4v) is 3.00. The Kier molecular flexibility index (Phi) is 6.92. The maximum Gasteiger partial charge on any atom is 0.410 e. The second-order valence-electron chi connectivity index (χ2n) is 8.11. The summed E-state index contributed by atoms with van der Waals surface area (Å²) >= 11 is 0. The average molecular weight is 415 g/mol. The molecule has 0 fully saturated rings. The molecule has 2 amide bonds. The molecule has 2 aromatic rings. The van der Waals surface area contributed by atoms with Gasteiger partial charge in [-0.05, 0) is 57.9 Å². The van der Waals surface area contributed by atoms with E-state index < -0.39 is 17.7 Å². The van der Waals surface area contributed by atoms with E-state index in [0.29, 0.717) is 34.7 Å². The number of carbonyl (C=O) groups excluding carboxylic acids is 3. The number of rotatable bonds is 5. The van der Waals surface area contributed by atoms with Gasteiger partial charge >= 0.3 is 12.1 Å². The third-order valence-corrected chi connectivity index (χ3v) is 4.36. The molecule has 0 atom stereocenters. The summed E-state index contributed by atoms with van der Waals surface area (Å²) in [5, 5.41) is 2.82. The molecule has 0 unspecified atom stereocenters. The van der Waals surface area contributed by atoms with Crippen molar-refractivity contribution < 1.29 is 23.9 Å². The molecule has 0 aliphatic heterocycles. The van der Waals surface area contributed by atoms with Gasteiger partial charge in [0.05, 0.1) is 12.7 Å². The molecule has 162 valence electrons. The number of nitrogens with one attached hydrogen (secondary N) is 2. The molecule has 0 radical (unpaired) electrons. The number of esters is 1. The van der Waals surface area contributed by atoms with Crippen LogP contribution in [0.15, 0.2) is 24.3 Å². The van der Waals surface area contributed by atoms with Crippen LogP contribution in [0, 0.1) is 13.8 Å². The van der Waals surface area contributed by atoms with E-state index in [0.717, 1.165) is 5.56 Å². The van der Waals surface area contributed by atoms with E-state index in [2.05, 4.69) is 10.3 Å². The zero-order chi connectivity index (χ0) is 22.6. The van der Waals surface area contributed by atoms with Gasteiger partial charge in [-0.2, -0.15) is 0 Å². The molecule has 1 aromatic heterocycles. The van der Waals surface area contributed by atoms with Crippen molar-refractivity contribution in [3.8, 4) is 0 Å². The minimum absolute atomic E-state index is 0.296. The molecule has 2 N–H and O–H groups in total. The number of anilines is 1. The van der Waals surface area contributed by atoms with E-state index in [1.807, 2.05) is 26.8 Å². The Morgan fingerprint density at radius 3 is 2.43 bits per heavy atom. The van der Waals surface area contributed by atoms with Crippen LogP contribution in [0.4, 0.5) is 10.5 Å². The van der Waals surface area contributed by atoms with Crippen molar-refractivity contribution in [2.75, 3.05) is 19.5 Å². The molecule has 8 nitrogen and oxygen atoms in total. The molecule has 0 aliphatic rings. The predicted molar refractivity (Wildman–Crippen MR) is 114 cm³/mol. The molecule has 0 saturated carbocycles. The lowest BCUT2D eigenvalue weighted by Crippen LogP contribution is -2.33. The summed E-state index contributed by atoms with van der Waals surface area (Å²) in [7, 11) is 2.95.